The van der Waals surface area contributed by atoms with Crippen LogP contribution in [0.4, 0.5) is 0 Å². The van der Waals surface area contributed by atoms with E-state index in [1.807, 2.05) is 6.92 Å². The Labute approximate surface area is 108 Å². The molecule has 0 bridgehead atoms. The highest BCUT2D eigenvalue weighted by molar-refractivity contribution is 6.30. The van der Waals surface area contributed by atoms with Crippen molar-refractivity contribution in [1.82, 2.24) is 4.90 Å². The smallest absolute Gasteiger partial charge is 0.120 e. The fourth-order valence-electron chi connectivity index (χ4n) is 1.61. The van der Waals surface area contributed by atoms with Crippen molar-refractivity contribution in [2.24, 2.45) is 0 Å². The molecule has 0 saturated heterocycles. The predicted molar refractivity (Wildman–Crippen MR) is 70.6 cm³/mol. The molecule has 1 aromatic carbocycles. The van der Waals surface area contributed by atoms with Crippen molar-refractivity contribution in [2.45, 2.75) is 20.4 Å². The standard InChI is InChI=1S/C13H20ClNO2/c1-3-15(7-8-17-4-2)10-11-9-12(14)5-6-13(11)16/h5-6,9,16H,3-4,7-8,10H2,1-2H3. The summed E-state index contributed by atoms with van der Waals surface area (Å²) in [7, 11) is 0. The normalized spacial score (nSPS) is 11.1. The van der Waals surface area contributed by atoms with Crippen LogP contribution in [0.1, 0.15) is 19.4 Å². The van der Waals surface area contributed by atoms with Crippen LogP contribution in [0.25, 0.3) is 0 Å². The van der Waals surface area contributed by atoms with E-state index in [-0.39, 0.29) is 0 Å². The van der Waals surface area contributed by atoms with E-state index < -0.39 is 0 Å². The highest BCUT2D eigenvalue weighted by Gasteiger charge is 2.07. The molecule has 0 radical (unpaired) electrons. The summed E-state index contributed by atoms with van der Waals surface area (Å²) in [5.41, 5.74) is 0.857. The summed E-state index contributed by atoms with van der Waals surface area (Å²) in [6.07, 6.45) is 0. The Morgan fingerprint density at radius 3 is 2.76 bits per heavy atom. The monoisotopic (exact) mass is 257 g/mol. The van der Waals surface area contributed by atoms with Gasteiger partial charge in [-0.25, -0.2) is 0 Å². The van der Waals surface area contributed by atoms with Gasteiger partial charge in [-0.15, -0.1) is 0 Å². The zero-order chi connectivity index (χ0) is 12.7. The molecule has 0 saturated carbocycles. The molecule has 1 rings (SSSR count). The first-order chi connectivity index (χ1) is 8.17. The van der Waals surface area contributed by atoms with Gasteiger partial charge in [-0.05, 0) is 31.7 Å². The van der Waals surface area contributed by atoms with Crippen molar-refractivity contribution in [3.8, 4) is 5.75 Å². The van der Waals surface area contributed by atoms with Gasteiger partial charge in [0, 0.05) is 30.3 Å². The van der Waals surface area contributed by atoms with Crippen LogP contribution >= 0.6 is 11.6 Å². The Bertz CT molecular complexity index is 344. The summed E-state index contributed by atoms with van der Waals surface area (Å²) in [5.74, 6) is 0.296. The Balaban J connectivity index is 2.57. The summed E-state index contributed by atoms with van der Waals surface area (Å²) in [6, 6.07) is 5.13. The third-order valence-electron chi connectivity index (χ3n) is 2.64. The molecular formula is C13H20ClNO2. The lowest BCUT2D eigenvalue weighted by Gasteiger charge is -2.20. The van der Waals surface area contributed by atoms with Crippen LogP contribution in [0.3, 0.4) is 0 Å². The quantitative estimate of drug-likeness (QED) is 0.763. The minimum atomic E-state index is 0.296. The summed E-state index contributed by atoms with van der Waals surface area (Å²) >= 11 is 5.92. The number of hydrogen-bond donors (Lipinski definition) is 1. The molecule has 0 unspecified atom stereocenters. The largest absolute Gasteiger partial charge is 0.508 e. The molecule has 1 N–H and O–H groups in total. The second kappa shape index (κ2) is 7.54. The van der Waals surface area contributed by atoms with Crippen LogP contribution in [-0.4, -0.2) is 36.3 Å². The molecule has 3 nitrogen and oxygen atoms in total. The lowest BCUT2D eigenvalue weighted by molar-refractivity contribution is 0.112. The minimum Gasteiger partial charge on any atom is -0.508 e. The predicted octanol–water partition coefficient (Wildman–Crippen LogP) is 2.90. The topological polar surface area (TPSA) is 32.7 Å². The van der Waals surface area contributed by atoms with Gasteiger partial charge in [0.1, 0.15) is 5.75 Å². The van der Waals surface area contributed by atoms with Crippen molar-refractivity contribution in [3.63, 3.8) is 0 Å². The fraction of sp³-hybridized carbons (Fsp3) is 0.538. The third kappa shape index (κ3) is 4.94. The molecule has 0 aliphatic heterocycles. The van der Waals surface area contributed by atoms with Crippen LogP contribution in [0.2, 0.25) is 5.02 Å². The van der Waals surface area contributed by atoms with E-state index in [0.29, 0.717) is 23.9 Å². The Hall–Kier alpha value is -0.770. The van der Waals surface area contributed by atoms with Crippen LogP contribution in [0, 0.1) is 0 Å². The van der Waals surface area contributed by atoms with Crippen LogP contribution in [0.15, 0.2) is 18.2 Å². The van der Waals surface area contributed by atoms with Gasteiger partial charge >= 0.3 is 0 Å². The van der Waals surface area contributed by atoms with E-state index in [0.717, 1.165) is 25.3 Å². The van der Waals surface area contributed by atoms with Gasteiger partial charge in [0.2, 0.25) is 0 Å². The van der Waals surface area contributed by atoms with Gasteiger partial charge < -0.3 is 9.84 Å². The number of aromatic hydroxyl groups is 1. The lowest BCUT2D eigenvalue weighted by atomic mass is 10.2. The van der Waals surface area contributed by atoms with Gasteiger partial charge in [-0.1, -0.05) is 18.5 Å². The molecule has 96 valence electrons. The van der Waals surface area contributed by atoms with E-state index in [4.69, 9.17) is 16.3 Å². The van der Waals surface area contributed by atoms with Crippen molar-refractivity contribution < 1.29 is 9.84 Å². The van der Waals surface area contributed by atoms with E-state index >= 15 is 0 Å². The van der Waals surface area contributed by atoms with E-state index in [2.05, 4.69) is 11.8 Å². The summed E-state index contributed by atoms with van der Waals surface area (Å²) in [6.45, 7) is 7.99. The van der Waals surface area contributed by atoms with Crippen LogP contribution < -0.4 is 0 Å². The van der Waals surface area contributed by atoms with Crippen molar-refractivity contribution >= 4 is 11.6 Å². The van der Waals surface area contributed by atoms with Gasteiger partial charge in [-0.3, -0.25) is 4.90 Å². The van der Waals surface area contributed by atoms with E-state index in [1.54, 1.807) is 18.2 Å². The Morgan fingerprint density at radius 1 is 1.35 bits per heavy atom. The van der Waals surface area contributed by atoms with Crippen molar-refractivity contribution in [1.29, 1.82) is 0 Å². The second-order valence-corrected chi connectivity index (χ2v) is 4.28. The Morgan fingerprint density at radius 2 is 2.12 bits per heavy atom. The van der Waals surface area contributed by atoms with Crippen LogP contribution in [0.5, 0.6) is 5.75 Å². The number of rotatable bonds is 7. The zero-order valence-electron chi connectivity index (χ0n) is 10.4. The second-order valence-electron chi connectivity index (χ2n) is 3.84. The number of hydrogen-bond acceptors (Lipinski definition) is 3. The average Bonchev–Trinajstić information content (AvgIpc) is 2.32. The maximum atomic E-state index is 9.73. The number of likely N-dealkylation sites (N-methyl/N-ethyl adjacent to an activating group) is 1. The number of benzene rings is 1. The molecule has 0 fully saturated rings. The maximum Gasteiger partial charge on any atom is 0.120 e. The molecule has 4 heteroatoms. The van der Waals surface area contributed by atoms with Gasteiger partial charge in [-0.2, -0.15) is 0 Å². The minimum absolute atomic E-state index is 0.296. The van der Waals surface area contributed by atoms with Gasteiger partial charge in [0.15, 0.2) is 0 Å². The first-order valence-corrected chi connectivity index (χ1v) is 6.32. The summed E-state index contributed by atoms with van der Waals surface area (Å²) in [5, 5.41) is 10.4. The number of ether oxygens (including phenoxy) is 1. The highest BCUT2D eigenvalue weighted by Crippen LogP contribution is 2.22. The average molecular weight is 258 g/mol. The van der Waals surface area contributed by atoms with Crippen LogP contribution in [-0.2, 0) is 11.3 Å². The molecule has 1 aromatic rings. The Kier molecular flexibility index (Phi) is 6.34. The molecule has 0 atom stereocenters. The van der Waals surface area contributed by atoms with Crippen molar-refractivity contribution in [2.75, 3.05) is 26.3 Å². The molecular weight excluding hydrogens is 238 g/mol. The molecule has 0 aromatic heterocycles. The molecule has 0 aliphatic rings. The fourth-order valence-corrected chi connectivity index (χ4v) is 1.80. The molecule has 0 heterocycles. The summed E-state index contributed by atoms with van der Waals surface area (Å²) < 4.78 is 5.33. The molecule has 0 spiro atoms. The zero-order valence-corrected chi connectivity index (χ0v) is 11.2. The maximum absolute atomic E-state index is 9.73. The van der Waals surface area contributed by atoms with E-state index in [1.165, 1.54) is 0 Å². The van der Waals surface area contributed by atoms with Gasteiger partial charge in [0.25, 0.3) is 0 Å². The molecule has 0 amide bonds. The lowest BCUT2D eigenvalue weighted by Crippen LogP contribution is -2.27. The van der Waals surface area contributed by atoms with E-state index in [9.17, 15) is 5.11 Å². The first kappa shape index (κ1) is 14.3. The van der Waals surface area contributed by atoms with Gasteiger partial charge in [0.05, 0.1) is 6.61 Å². The molecule has 0 aliphatic carbocycles. The first-order valence-electron chi connectivity index (χ1n) is 5.94. The molecule has 17 heavy (non-hydrogen) atoms. The number of phenolic OH excluding ortho intramolecular Hbond substituents is 1. The number of halogens is 1. The number of nitrogens with zero attached hydrogens (tertiary/aromatic N) is 1. The third-order valence-corrected chi connectivity index (χ3v) is 2.87. The highest BCUT2D eigenvalue weighted by atomic mass is 35.5. The van der Waals surface area contributed by atoms with Crippen molar-refractivity contribution in [3.05, 3.63) is 28.8 Å². The SMILES string of the molecule is CCOCCN(CC)Cc1cc(Cl)ccc1O. The number of phenols is 1. The summed E-state index contributed by atoms with van der Waals surface area (Å²) in [4.78, 5) is 2.21.